The van der Waals surface area contributed by atoms with Crippen molar-refractivity contribution in [1.82, 2.24) is 9.62 Å². The Labute approximate surface area is 161 Å². The topological polar surface area (TPSA) is 66.5 Å². The standard InChI is InChI=1S/C19H27ClN2O3S/c1-14-13-16(20)7-8-18(14)26(24,25)22-11-9-15(10-12-22)19(23)21-17-5-3-2-4-6-17/h7-8,13,15,17H,2-6,9-12H2,1H3,(H,21,23). The second kappa shape index (κ2) is 8.28. The number of nitrogens with one attached hydrogen (secondary N) is 1. The molecule has 5 nitrogen and oxygen atoms in total. The predicted molar refractivity (Wildman–Crippen MR) is 103 cm³/mol. The zero-order valence-corrected chi connectivity index (χ0v) is 16.8. The van der Waals surface area contributed by atoms with E-state index >= 15 is 0 Å². The van der Waals surface area contributed by atoms with Gasteiger partial charge in [0.05, 0.1) is 4.90 Å². The van der Waals surface area contributed by atoms with Crippen LogP contribution in [0.2, 0.25) is 5.02 Å². The van der Waals surface area contributed by atoms with E-state index in [1.54, 1.807) is 25.1 Å². The first-order valence-electron chi connectivity index (χ1n) is 9.44. The lowest BCUT2D eigenvalue weighted by molar-refractivity contribution is -0.127. The lowest BCUT2D eigenvalue weighted by Gasteiger charge is -2.32. The molecule has 2 fully saturated rings. The Hall–Kier alpha value is -1.11. The number of benzene rings is 1. The van der Waals surface area contributed by atoms with Gasteiger partial charge in [-0.05, 0) is 56.4 Å². The molecule has 1 N–H and O–H groups in total. The first-order valence-corrected chi connectivity index (χ1v) is 11.3. The van der Waals surface area contributed by atoms with Crippen LogP contribution in [0.15, 0.2) is 23.1 Å². The minimum Gasteiger partial charge on any atom is -0.353 e. The Morgan fingerprint density at radius 1 is 1.12 bits per heavy atom. The molecule has 0 spiro atoms. The van der Waals surface area contributed by atoms with Crippen LogP contribution in [-0.4, -0.2) is 37.8 Å². The number of rotatable bonds is 4. The molecule has 0 aromatic heterocycles. The number of halogens is 1. The third-order valence-electron chi connectivity index (χ3n) is 5.53. The molecule has 1 saturated heterocycles. The van der Waals surface area contributed by atoms with E-state index in [-0.39, 0.29) is 11.8 Å². The minimum atomic E-state index is -3.54. The quantitative estimate of drug-likeness (QED) is 0.844. The SMILES string of the molecule is Cc1cc(Cl)ccc1S(=O)(=O)N1CCC(C(=O)NC2CCCCC2)CC1. The average Bonchev–Trinajstić information content (AvgIpc) is 2.62. The predicted octanol–water partition coefficient (Wildman–Crippen LogP) is 3.50. The summed E-state index contributed by atoms with van der Waals surface area (Å²) in [6.07, 6.45) is 6.90. The number of hydrogen-bond acceptors (Lipinski definition) is 3. The number of piperidine rings is 1. The first kappa shape index (κ1) is 19.6. The highest BCUT2D eigenvalue weighted by atomic mass is 35.5. The van der Waals surface area contributed by atoms with E-state index < -0.39 is 10.0 Å². The Morgan fingerprint density at radius 2 is 1.77 bits per heavy atom. The van der Waals surface area contributed by atoms with Gasteiger partial charge in [-0.3, -0.25) is 4.79 Å². The van der Waals surface area contributed by atoms with E-state index in [0.717, 1.165) is 12.8 Å². The van der Waals surface area contributed by atoms with Crippen LogP contribution < -0.4 is 5.32 Å². The number of carbonyl (C=O) groups is 1. The van der Waals surface area contributed by atoms with Gasteiger partial charge in [-0.25, -0.2) is 8.42 Å². The molecule has 0 radical (unpaired) electrons. The minimum absolute atomic E-state index is 0.0882. The molecule has 1 aliphatic heterocycles. The van der Waals surface area contributed by atoms with Gasteiger partial charge in [0, 0.05) is 30.1 Å². The molecule has 1 saturated carbocycles. The van der Waals surface area contributed by atoms with Gasteiger partial charge in [0.15, 0.2) is 0 Å². The largest absolute Gasteiger partial charge is 0.353 e. The number of amides is 1. The fraction of sp³-hybridized carbons (Fsp3) is 0.632. The molecule has 0 bridgehead atoms. The van der Waals surface area contributed by atoms with E-state index in [4.69, 9.17) is 11.6 Å². The van der Waals surface area contributed by atoms with Gasteiger partial charge < -0.3 is 5.32 Å². The number of carbonyl (C=O) groups excluding carboxylic acids is 1. The lowest BCUT2D eigenvalue weighted by atomic mass is 9.93. The van der Waals surface area contributed by atoms with Gasteiger partial charge in [0.1, 0.15) is 0 Å². The van der Waals surface area contributed by atoms with Gasteiger partial charge >= 0.3 is 0 Å². The van der Waals surface area contributed by atoms with Crippen molar-refractivity contribution in [3.05, 3.63) is 28.8 Å². The van der Waals surface area contributed by atoms with E-state index in [1.165, 1.54) is 23.6 Å². The van der Waals surface area contributed by atoms with Crippen molar-refractivity contribution in [2.45, 2.75) is 62.8 Å². The molecule has 1 aromatic rings. The smallest absolute Gasteiger partial charge is 0.243 e. The molecule has 26 heavy (non-hydrogen) atoms. The molecule has 0 unspecified atom stereocenters. The molecular weight excluding hydrogens is 372 g/mol. The molecule has 2 aliphatic rings. The monoisotopic (exact) mass is 398 g/mol. The molecule has 1 aromatic carbocycles. The van der Waals surface area contributed by atoms with Crippen LogP contribution in [0.1, 0.15) is 50.5 Å². The fourth-order valence-corrected chi connectivity index (χ4v) is 5.87. The highest BCUT2D eigenvalue weighted by Gasteiger charge is 2.33. The van der Waals surface area contributed by atoms with Crippen LogP contribution in [0.4, 0.5) is 0 Å². The Bertz CT molecular complexity index is 752. The fourth-order valence-electron chi connectivity index (χ4n) is 3.97. The van der Waals surface area contributed by atoms with Gasteiger partial charge in [0.2, 0.25) is 15.9 Å². The van der Waals surface area contributed by atoms with Crippen molar-refractivity contribution >= 4 is 27.5 Å². The summed E-state index contributed by atoms with van der Waals surface area (Å²) in [5.74, 6) is 0.00585. The van der Waals surface area contributed by atoms with Crippen molar-refractivity contribution in [2.75, 3.05) is 13.1 Å². The zero-order chi connectivity index (χ0) is 18.7. The summed E-state index contributed by atoms with van der Waals surface area (Å²) in [5, 5.41) is 3.69. The third-order valence-corrected chi connectivity index (χ3v) is 7.83. The summed E-state index contributed by atoms with van der Waals surface area (Å²) >= 11 is 5.93. The molecule has 1 aliphatic carbocycles. The van der Waals surface area contributed by atoms with E-state index in [9.17, 15) is 13.2 Å². The second-order valence-electron chi connectivity index (χ2n) is 7.43. The normalized spacial score (nSPS) is 20.8. The van der Waals surface area contributed by atoms with Gasteiger partial charge in [-0.2, -0.15) is 4.31 Å². The van der Waals surface area contributed by atoms with E-state index in [0.29, 0.717) is 47.5 Å². The van der Waals surface area contributed by atoms with Crippen molar-refractivity contribution < 1.29 is 13.2 Å². The van der Waals surface area contributed by atoms with Crippen molar-refractivity contribution in [1.29, 1.82) is 0 Å². The van der Waals surface area contributed by atoms with Crippen LogP contribution >= 0.6 is 11.6 Å². The summed E-state index contributed by atoms with van der Waals surface area (Å²) in [5.41, 5.74) is 0.648. The molecule has 1 heterocycles. The van der Waals surface area contributed by atoms with Crippen LogP contribution in [-0.2, 0) is 14.8 Å². The second-order valence-corrected chi connectivity index (χ2v) is 9.77. The maximum atomic E-state index is 12.9. The summed E-state index contributed by atoms with van der Waals surface area (Å²) in [6.45, 7) is 2.52. The van der Waals surface area contributed by atoms with Crippen LogP contribution in [0.3, 0.4) is 0 Å². The Balaban J connectivity index is 1.59. The van der Waals surface area contributed by atoms with Crippen LogP contribution in [0, 0.1) is 12.8 Å². The number of hydrogen-bond donors (Lipinski definition) is 1. The van der Waals surface area contributed by atoms with Crippen LogP contribution in [0.25, 0.3) is 0 Å². The maximum Gasteiger partial charge on any atom is 0.243 e. The Morgan fingerprint density at radius 3 is 2.38 bits per heavy atom. The van der Waals surface area contributed by atoms with Crippen molar-refractivity contribution in [3.8, 4) is 0 Å². The first-order chi connectivity index (χ1) is 12.4. The average molecular weight is 399 g/mol. The zero-order valence-electron chi connectivity index (χ0n) is 15.2. The third kappa shape index (κ3) is 4.41. The van der Waals surface area contributed by atoms with E-state index in [1.807, 2.05) is 0 Å². The molecule has 3 rings (SSSR count). The highest BCUT2D eigenvalue weighted by molar-refractivity contribution is 7.89. The molecule has 0 atom stereocenters. The van der Waals surface area contributed by atoms with Crippen LogP contribution in [0.5, 0.6) is 0 Å². The summed E-state index contributed by atoms with van der Waals surface area (Å²) in [4.78, 5) is 12.8. The molecule has 1 amide bonds. The molecule has 144 valence electrons. The number of sulfonamides is 1. The van der Waals surface area contributed by atoms with Gasteiger partial charge in [0.25, 0.3) is 0 Å². The van der Waals surface area contributed by atoms with Gasteiger partial charge in [-0.1, -0.05) is 30.9 Å². The summed E-state index contributed by atoms with van der Waals surface area (Å²) < 4.78 is 27.3. The number of aryl methyl sites for hydroxylation is 1. The highest BCUT2D eigenvalue weighted by Crippen LogP contribution is 2.27. The molecular formula is C19H27ClN2O3S. The Kier molecular flexibility index (Phi) is 6.25. The molecule has 7 heteroatoms. The lowest BCUT2D eigenvalue weighted by Crippen LogP contribution is -2.45. The van der Waals surface area contributed by atoms with Gasteiger partial charge in [-0.15, -0.1) is 0 Å². The summed E-state index contributed by atoms with van der Waals surface area (Å²) in [7, 11) is -3.54. The summed E-state index contributed by atoms with van der Waals surface area (Å²) in [6, 6.07) is 5.13. The van der Waals surface area contributed by atoms with Crippen molar-refractivity contribution in [2.24, 2.45) is 5.92 Å². The van der Waals surface area contributed by atoms with E-state index in [2.05, 4.69) is 5.32 Å². The number of nitrogens with zero attached hydrogens (tertiary/aromatic N) is 1. The van der Waals surface area contributed by atoms with Crippen molar-refractivity contribution in [3.63, 3.8) is 0 Å². The maximum absolute atomic E-state index is 12.9.